The fourth-order valence-corrected chi connectivity index (χ4v) is 2.36. The molecule has 0 aromatic heterocycles. The van der Waals surface area contributed by atoms with E-state index in [9.17, 15) is 4.39 Å². The number of nitrogens with one attached hydrogen (secondary N) is 1. The fraction of sp³-hybridized carbons (Fsp3) is 0.600. The van der Waals surface area contributed by atoms with E-state index < -0.39 is 0 Å². The van der Waals surface area contributed by atoms with Gasteiger partial charge in [-0.2, -0.15) is 0 Å². The lowest BCUT2D eigenvalue weighted by atomic mass is 10.1. The van der Waals surface area contributed by atoms with Crippen LogP contribution in [0.3, 0.4) is 0 Å². The molecule has 1 aliphatic rings. The number of benzene rings is 1. The summed E-state index contributed by atoms with van der Waals surface area (Å²) in [5.74, 6) is -0.107. The Morgan fingerprint density at radius 1 is 1.32 bits per heavy atom. The Morgan fingerprint density at radius 2 is 2.05 bits per heavy atom. The summed E-state index contributed by atoms with van der Waals surface area (Å²) < 4.78 is 18.8. The highest BCUT2D eigenvalue weighted by atomic mass is 19.1. The molecule has 1 aromatic rings. The zero-order valence-electron chi connectivity index (χ0n) is 11.6. The maximum absolute atomic E-state index is 13.5. The fourth-order valence-electron chi connectivity index (χ4n) is 2.36. The van der Waals surface area contributed by atoms with E-state index in [1.807, 2.05) is 12.1 Å². The second-order valence-corrected chi connectivity index (χ2v) is 5.10. The van der Waals surface area contributed by atoms with Gasteiger partial charge in [-0.3, -0.25) is 4.90 Å². The van der Waals surface area contributed by atoms with E-state index in [1.165, 1.54) is 6.07 Å². The number of hydrogen-bond donors (Lipinski definition) is 1. The summed E-state index contributed by atoms with van der Waals surface area (Å²) in [5, 5.41) is 3.46. The Labute approximate surface area is 114 Å². The highest BCUT2D eigenvalue weighted by Crippen LogP contribution is 2.08. The Kier molecular flexibility index (Phi) is 5.76. The normalized spacial score (nSPS) is 18.4. The average molecular weight is 266 g/mol. The van der Waals surface area contributed by atoms with Crippen molar-refractivity contribution >= 4 is 0 Å². The summed E-state index contributed by atoms with van der Waals surface area (Å²) in [7, 11) is 0. The maximum Gasteiger partial charge on any atom is 0.126 e. The van der Waals surface area contributed by atoms with Crippen LogP contribution in [0.5, 0.6) is 0 Å². The molecule has 19 heavy (non-hydrogen) atoms. The van der Waals surface area contributed by atoms with Crippen molar-refractivity contribution in [3.05, 3.63) is 35.6 Å². The summed E-state index contributed by atoms with van der Waals surface area (Å²) in [4.78, 5) is 2.40. The molecule has 0 amide bonds. The zero-order valence-corrected chi connectivity index (χ0v) is 11.6. The molecule has 106 valence electrons. The summed E-state index contributed by atoms with van der Waals surface area (Å²) in [5.41, 5.74) is 0.786. The number of halogens is 1. The molecule has 1 N–H and O–H groups in total. The third kappa shape index (κ3) is 4.90. The Bertz CT molecular complexity index is 380. The van der Waals surface area contributed by atoms with Gasteiger partial charge in [0.15, 0.2) is 0 Å². The Hall–Kier alpha value is -0.970. The molecular formula is C15H23FN2O. The van der Waals surface area contributed by atoms with Crippen LogP contribution in [0.4, 0.5) is 4.39 Å². The van der Waals surface area contributed by atoms with Gasteiger partial charge in [-0.05, 0) is 25.0 Å². The lowest BCUT2D eigenvalue weighted by Crippen LogP contribution is -2.42. The van der Waals surface area contributed by atoms with Crippen LogP contribution in [-0.4, -0.2) is 50.3 Å². The first-order chi connectivity index (χ1) is 9.25. The van der Waals surface area contributed by atoms with E-state index in [-0.39, 0.29) is 11.9 Å². The van der Waals surface area contributed by atoms with Gasteiger partial charge in [0.05, 0.1) is 13.2 Å². The van der Waals surface area contributed by atoms with Crippen LogP contribution < -0.4 is 5.32 Å². The van der Waals surface area contributed by atoms with E-state index >= 15 is 0 Å². The van der Waals surface area contributed by atoms with Gasteiger partial charge in [-0.25, -0.2) is 4.39 Å². The molecule has 0 bridgehead atoms. The average Bonchev–Trinajstić information content (AvgIpc) is 2.43. The van der Waals surface area contributed by atoms with E-state index in [2.05, 4.69) is 17.1 Å². The van der Waals surface area contributed by atoms with Gasteiger partial charge in [0.25, 0.3) is 0 Å². The number of hydrogen-bond acceptors (Lipinski definition) is 3. The third-order valence-electron chi connectivity index (χ3n) is 3.51. The monoisotopic (exact) mass is 266 g/mol. The van der Waals surface area contributed by atoms with Crippen LogP contribution in [0.2, 0.25) is 0 Å². The van der Waals surface area contributed by atoms with Crippen molar-refractivity contribution in [3.8, 4) is 0 Å². The van der Waals surface area contributed by atoms with Crippen molar-refractivity contribution in [1.29, 1.82) is 0 Å². The van der Waals surface area contributed by atoms with Crippen molar-refractivity contribution < 1.29 is 9.13 Å². The highest BCUT2D eigenvalue weighted by molar-refractivity contribution is 5.18. The van der Waals surface area contributed by atoms with Crippen molar-refractivity contribution in [2.75, 3.05) is 39.4 Å². The van der Waals surface area contributed by atoms with E-state index in [4.69, 9.17) is 4.74 Å². The molecule has 1 fully saturated rings. The van der Waals surface area contributed by atoms with E-state index in [1.54, 1.807) is 6.07 Å². The van der Waals surface area contributed by atoms with Crippen LogP contribution >= 0.6 is 0 Å². The largest absolute Gasteiger partial charge is 0.379 e. The number of nitrogens with zero attached hydrogens (tertiary/aromatic N) is 1. The first-order valence-electron chi connectivity index (χ1n) is 7.02. The minimum atomic E-state index is -0.107. The maximum atomic E-state index is 13.5. The van der Waals surface area contributed by atoms with Crippen LogP contribution in [-0.2, 0) is 11.2 Å². The SMILES string of the molecule is C[C@H](Cc1ccccc1F)NCCN1CCOCC1. The number of ether oxygens (including phenoxy) is 1. The van der Waals surface area contributed by atoms with Gasteiger partial charge in [-0.15, -0.1) is 0 Å². The van der Waals surface area contributed by atoms with Crippen molar-refractivity contribution in [3.63, 3.8) is 0 Å². The van der Waals surface area contributed by atoms with Gasteiger partial charge >= 0.3 is 0 Å². The van der Waals surface area contributed by atoms with Gasteiger partial charge in [0, 0.05) is 32.2 Å². The van der Waals surface area contributed by atoms with Gasteiger partial charge in [0.2, 0.25) is 0 Å². The minimum Gasteiger partial charge on any atom is -0.379 e. The molecule has 3 nitrogen and oxygen atoms in total. The molecule has 0 unspecified atom stereocenters. The van der Waals surface area contributed by atoms with Crippen molar-refractivity contribution in [2.45, 2.75) is 19.4 Å². The summed E-state index contributed by atoms with van der Waals surface area (Å²) >= 11 is 0. The summed E-state index contributed by atoms with van der Waals surface area (Å²) in [6, 6.07) is 7.29. The molecule has 1 aromatic carbocycles. The van der Waals surface area contributed by atoms with Crippen LogP contribution in [0, 0.1) is 5.82 Å². The molecule has 0 radical (unpaired) electrons. The van der Waals surface area contributed by atoms with Crippen LogP contribution in [0.15, 0.2) is 24.3 Å². The topological polar surface area (TPSA) is 24.5 Å². The molecule has 0 spiro atoms. The predicted molar refractivity (Wildman–Crippen MR) is 74.8 cm³/mol. The molecule has 0 aliphatic carbocycles. The smallest absolute Gasteiger partial charge is 0.126 e. The standard InChI is InChI=1S/C15H23FN2O/c1-13(12-14-4-2-3-5-15(14)16)17-6-7-18-8-10-19-11-9-18/h2-5,13,17H,6-12H2,1H3/t13-/m1/s1. The van der Waals surface area contributed by atoms with Gasteiger partial charge in [0.1, 0.15) is 5.82 Å². The molecule has 1 heterocycles. The van der Waals surface area contributed by atoms with Crippen molar-refractivity contribution in [2.24, 2.45) is 0 Å². The first-order valence-corrected chi connectivity index (χ1v) is 7.02. The minimum absolute atomic E-state index is 0.107. The summed E-state index contributed by atoms with van der Waals surface area (Å²) in [6.07, 6.45) is 0.732. The molecule has 4 heteroatoms. The molecule has 2 rings (SSSR count). The molecule has 0 saturated carbocycles. The second kappa shape index (κ2) is 7.58. The lowest BCUT2D eigenvalue weighted by molar-refractivity contribution is 0.0382. The molecule has 1 saturated heterocycles. The molecule has 1 aliphatic heterocycles. The van der Waals surface area contributed by atoms with Gasteiger partial charge < -0.3 is 10.1 Å². The third-order valence-corrected chi connectivity index (χ3v) is 3.51. The predicted octanol–water partition coefficient (Wildman–Crippen LogP) is 1.68. The Balaban J connectivity index is 1.67. The first kappa shape index (κ1) is 14.4. The quantitative estimate of drug-likeness (QED) is 0.848. The zero-order chi connectivity index (χ0) is 13.5. The van der Waals surface area contributed by atoms with Crippen molar-refractivity contribution in [1.82, 2.24) is 10.2 Å². The summed E-state index contributed by atoms with van der Waals surface area (Å²) in [6.45, 7) is 7.79. The van der Waals surface area contributed by atoms with Crippen LogP contribution in [0.1, 0.15) is 12.5 Å². The second-order valence-electron chi connectivity index (χ2n) is 5.10. The van der Waals surface area contributed by atoms with E-state index in [0.29, 0.717) is 0 Å². The van der Waals surface area contributed by atoms with E-state index in [0.717, 1.165) is 51.4 Å². The molecular weight excluding hydrogens is 243 g/mol. The lowest BCUT2D eigenvalue weighted by Gasteiger charge is -2.27. The number of rotatable bonds is 6. The van der Waals surface area contributed by atoms with Gasteiger partial charge in [-0.1, -0.05) is 18.2 Å². The molecule has 1 atom stereocenters. The van der Waals surface area contributed by atoms with Crippen LogP contribution in [0.25, 0.3) is 0 Å². The Morgan fingerprint density at radius 3 is 2.79 bits per heavy atom. The highest BCUT2D eigenvalue weighted by Gasteiger charge is 2.11. The number of morpholine rings is 1.